The summed E-state index contributed by atoms with van der Waals surface area (Å²) in [6.45, 7) is 0.480. The molecule has 0 spiro atoms. The van der Waals surface area contributed by atoms with Crippen LogP contribution in [-0.2, 0) is 11.8 Å². The minimum absolute atomic E-state index is 0.262. The molecule has 2 heterocycles. The number of carbonyl (C=O) groups is 2. The molecule has 1 aliphatic rings. The number of carbonyl (C=O) groups excluding carboxylic acids is 1. The van der Waals surface area contributed by atoms with Crippen LogP contribution in [0.1, 0.15) is 23.2 Å². The quantitative estimate of drug-likeness (QED) is 0.869. The summed E-state index contributed by atoms with van der Waals surface area (Å²) >= 11 is 0. The molecule has 1 aromatic carbocycles. The highest BCUT2D eigenvalue weighted by Gasteiger charge is 2.34. The monoisotopic (exact) mass is 274 g/mol. The van der Waals surface area contributed by atoms with Gasteiger partial charge in [-0.15, -0.1) is 5.10 Å². The van der Waals surface area contributed by atoms with Crippen molar-refractivity contribution in [3.63, 3.8) is 0 Å². The Morgan fingerprint density at radius 3 is 2.95 bits per heavy atom. The zero-order valence-electron chi connectivity index (χ0n) is 11.0. The molecule has 0 bridgehead atoms. The van der Waals surface area contributed by atoms with Crippen molar-refractivity contribution in [2.24, 2.45) is 7.05 Å². The van der Waals surface area contributed by atoms with Crippen LogP contribution < -0.4 is 0 Å². The van der Waals surface area contributed by atoms with Gasteiger partial charge in [0.25, 0.3) is 5.91 Å². The summed E-state index contributed by atoms with van der Waals surface area (Å²) in [6, 6.07) is 4.39. The Balaban J connectivity index is 1.94. The van der Waals surface area contributed by atoms with E-state index >= 15 is 0 Å². The van der Waals surface area contributed by atoms with Crippen molar-refractivity contribution < 1.29 is 14.7 Å². The number of hydrogen-bond acceptors (Lipinski definition) is 4. The van der Waals surface area contributed by atoms with Crippen molar-refractivity contribution in [1.29, 1.82) is 0 Å². The lowest BCUT2D eigenvalue weighted by Gasteiger charge is -2.21. The molecule has 1 aliphatic heterocycles. The predicted molar refractivity (Wildman–Crippen MR) is 70.2 cm³/mol. The van der Waals surface area contributed by atoms with Crippen molar-refractivity contribution in [3.05, 3.63) is 23.8 Å². The van der Waals surface area contributed by atoms with Gasteiger partial charge in [-0.3, -0.25) is 4.79 Å². The molecule has 1 unspecified atom stereocenters. The molecule has 7 nitrogen and oxygen atoms in total. The molecular formula is C13H14N4O3. The molecule has 2 aromatic rings. The molecule has 104 valence electrons. The third-order valence-corrected chi connectivity index (χ3v) is 3.66. The molecule has 7 heteroatoms. The van der Waals surface area contributed by atoms with Crippen LogP contribution in [-0.4, -0.2) is 49.5 Å². The fraction of sp³-hybridized carbons (Fsp3) is 0.385. The number of aliphatic carboxylic acids is 1. The molecule has 20 heavy (non-hydrogen) atoms. The van der Waals surface area contributed by atoms with Gasteiger partial charge >= 0.3 is 5.97 Å². The summed E-state index contributed by atoms with van der Waals surface area (Å²) in [7, 11) is 1.78. The first-order valence-electron chi connectivity index (χ1n) is 6.41. The van der Waals surface area contributed by atoms with Crippen LogP contribution in [0.25, 0.3) is 11.0 Å². The summed E-state index contributed by atoms with van der Waals surface area (Å²) < 4.78 is 1.62. The largest absolute Gasteiger partial charge is 0.480 e. The van der Waals surface area contributed by atoms with E-state index < -0.39 is 12.0 Å². The van der Waals surface area contributed by atoms with E-state index in [9.17, 15) is 9.59 Å². The van der Waals surface area contributed by atoms with Crippen LogP contribution in [0.4, 0.5) is 0 Å². The van der Waals surface area contributed by atoms with E-state index in [1.54, 1.807) is 29.9 Å². The Morgan fingerprint density at radius 1 is 1.40 bits per heavy atom. The summed E-state index contributed by atoms with van der Waals surface area (Å²) in [5.41, 5.74) is 1.91. The first-order valence-corrected chi connectivity index (χ1v) is 6.41. The normalized spacial score (nSPS) is 18.6. The number of rotatable bonds is 2. The highest BCUT2D eigenvalue weighted by Crippen LogP contribution is 2.21. The number of amides is 1. The van der Waals surface area contributed by atoms with Crippen LogP contribution in [0.5, 0.6) is 0 Å². The molecule has 1 amide bonds. The van der Waals surface area contributed by atoms with E-state index in [1.165, 1.54) is 4.90 Å². The molecule has 0 aliphatic carbocycles. The summed E-state index contributed by atoms with van der Waals surface area (Å²) in [5.74, 6) is -1.21. The third-order valence-electron chi connectivity index (χ3n) is 3.66. The zero-order chi connectivity index (χ0) is 14.3. The van der Waals surface area contributed by atoms with Crippen molar-refractivity contribution >= 4 is 22.9 Å². The molecule has 1 aromatic heterocycles. The summed E-state index contributed by atoms with van der Waals surface area (Å²) in [5, 5.41) is 17.0. The SMILES string of the molecule is Cn1nnc2cc(C(=O)N3CCCC3C(=O)O)ccc21. The second-order valence-electron chi connectivity index (χ2n) is 4.91. The lowest BCUT2D eigenvalue weighted by molar-refractivity contribution is -0.141. The van der Waals surface area contributed by atoms with Crippen LogP contribution in [0.3, 0.4) is 0 Å². The number of nitrogens with zero attached hydrogens (tertiary/aromatic N) is 4. The second-order valence-corrected chi connectivity index (χ2v) is 4.91. The van der Waals surface area contributed by atoms with Gasteiger partial charge in [0.05, 0.1) is 5.52 Å². The Bertz CT molecular complexity index is 694. The van der Waals surface area contributed by atoms with Gasteiger partial charge in [-0.1, -0.05) is 5.21 Å². The van der Waals surface area contributed by atoms with Gasteiger partial charge in [0.15, 0.2) is 0 Å². The maximum Gasteiger partial charge on any atom is 0.326 e. The van der Waals surface area contributed by atoms with E-state index in [-0.39, 0.29) is 5.91 Å². The second kappa shape index (κ2) is 4.59. The molecule has 1 fully saturated rings. The van der Waals surface area contributed by atoms with E-state index in [0.717, 1.165) is 11.9 Å². The Kier molecular flexibility index (Phi) is 2.89. The Morgan fingerprint density at radius 2 is 2.20 bits per heavy atom. The summed E-state index contributed by atoms with van der Waals surface area (Å²) in [4.78, 5) is 25.0. The van der Waals surface area contributed by atoms with Crippen molar-refractivity contribution in [3.8, 4) is 0 Å². The standard InChI is InChI=1S/C13H14N4O3/c1-16-10-5-4-8(7-9(10)14-15-16)12(18)17-6-2-3-11(17)13(19)20/h4-5,7,11H,2-3,6H2,1H3,(H,19,20). The Labute approximate surface area is 114 Å². The third kappa shape index (κ3) is 1.91. The fourth-order valence-corrected chi connectivity index (χ4v) is 2.61. The number of carboxylic acid groups (broad SMARTS) is 1. The minimum atomic E-state index is -0.948. The number of likely N-dealkylation sites (tertiary alicyclic amines) is 1. The van der Waals surface area contributed by atoms with Gasteiger partial charge in [0.2, 0.25) is 0 Å². The maximum absolute atomic E-state index is 12.4. The van der Waals surface area contributed by atoms with Crippen molar-refractivity contribution in [2.45, 2.75) is 18.9 Å². The van der Waals surface area contributed by atoms with Gasteiger partial charge in [0, 0.05) is 19.2 Å². The average Bonchev–Trinajstić information content (AvgIpc) is 3.05. The van der Waals surface area contributed by atoms with Crippen LogP contribution in [0, 0.1) is 0 Å². The number of hydrogen-bond donors (Lipinski definition) is 1. The van der Waals surface area contributed by atoms with E-state index in [0.29, 0.717) is 24.0 Å². The number of aryl methyl sites for hydroxylation is 1. The molecular weight excluding hydrogens is 260 g/mol. The molecule has 1 atom stereocenters. The predicted octanol–water partition coefficient (Wildman–Crippen LogP) is 0.657. The molecule has 0 saturated carbocycles. The maximum atomic E-state index is 12.4. The number of aromatic nitrogens is 3. The first kappa shape index (κ1) is 12.6. The summed E-state index contributed by atoms with van der Waals surface area (Å²) in [6.07, 6.45) is 1.23. The zero-order valence-corrected chi connectivity index (χ0v) is 11.0. The minimum Gasteiger partial charge on any atom is -0.480 e. The molecule has 0 radical (unpaired) electrons. The number of fused-ring (bicyclic) bond motifs is 1. The fourth-order valence-electron chi connectivity index (χ4n) is 2.61. The van der Waals surface area contributed by atoms with Crippen LogP contribution in [0.2, 0.25) is 0 Å². The van der Waals surface area contributed by atoms with Gasteiger partial charge in [-0.05, 0) is 31.0 Å². The van der Waals surface area contributed by atoms with Crippen molar-refractivity contribution in [2.75, 3.05) is 6.54 Å². The van der Waals surface area contributed by atoms with Crippen LogP contribution >= 0.6 is 0 Å². The lowest BCUT2D eigenvalue weighted by atomic mass is 10.1. The van der Waals surface area contributed by atoms with Crippen molar-refractivity contribution in [1.82, 2.24) is 19.9 Å². The van der Waals surface area contributed by atoms with E-state index in [2.05, 4.69) is 10.3 Å². The Hall–Kier alpha value is -2.44. The number of carboxylic acids is 1. The first-order chi connectivity index (χ1) is 9.58. The van der Waals surface area contributed by atoms with E-state index in [4.69, 9.17) is 5.11 Å². The topological polar surface area (TPSA) is 88.3 Å². The highest BCUT2D eigenvalue weighted by molar-refractivity contribution is 5.99. The average molecular weight is 274 g/mol. The van der Waals surface area contributed by atoms with Gasteiger partial charge in [0.1, 0.15) is 11.6 Å². The van der Waals surface area contributed by atoms with Gasteiger partial charge in [-0.25, -0.2) is 9.48 Å². The van der Waals surface area contributed by atoms with E-state index in [1.807, 2.05) is 0 Å². The molecule has 1 N–H and O–H groups in total. The highest BCUT2D eigenvalue weighted by atomic mass is 16.4. The van der Waals surface area contributed by atoms with Crippen LogP contribution in [0.15, 0.2) is 18.2 Å². The lowest BCUT2D eigenvalue weighted by Crippen LogP contribution is -2.40. The molecule has 3 rings (SSSR count). The van der Waals surface area contributed by atoms with Gasteiger partial charge in [-0.2, -0.15) is 0 Å². The molecule has 1 saturated heterocycles. The van der Waals surface area contributed by atoms with Gasteiger partial charge < -0.3 is 10.0 Å². The smallest absolute Gasteiger partial charge is 0.326 e. The number of benzene rings is 1.